The van der Waals surface area contributed by atoms with Crippen LogP contribution >= 0.6 is 0 Å². The second-order valence-corrected chi connectivity index (χ2v) is 6.71. The SMILES string of the molecule is COCC(C(C)C)N1CCCNC(C)(C2CC2)C1. The summed E-state index contributed by atoms with van der Waals surface area (Å²) >= 11 is 0. The van der Waals surface area contributed by atoms with Crippen LogP contribution in [-0.4, -0.2) is 49.8 Å². The molecular formula is C15H30N2O. The molecule has 2 fully saturated rings. The van der Waals surface area contributed by atoms with Crippen molar-refractivity contribution in [3.8, 4) is 0 Å². The van der Waals surface area contributed by atoms with E-state index in [2.05, 4.69) is 31.0 Å². The minimum atomic E-state index is 0.331. The summed E-state index contributed by atoms with van der Waals surface area (Å²) in [6.45, 7) is 11.5. The van der Waals surface area contributed by atoms with Gasteiger partial charge >= 0.3 is 0 Å². The first-order chi connectivity index (χ1) is 8.57. The van der Waals surface area contributed by atoms with E-state index in [1.165, 1.54) is 38.9 Å². The highest BCUT2D eigenvalue weighted by Gasteiger charge is 2.44. The minimum absolute atomic E-state index is 0.331. The molecule has 0 amide bonds. The van der Waals surface area contributed by atoms with Crippen molar-refractivity contribution in [1.82, 2.24) is 10.2 Å². The maximum Gasteiger partial charge on any atom is 0.0620 e. The molecule has 0 aromatic carbocycles. The summed E-state index contributed by atoms with van der Waals surface area (Å²) in [7, 11) is 1.82. The van der Waals surface area contributed by atoms with E-state index in [9.17, 15) is 0 Å². The van der Waals surface area contributed by atoms with Crippen LogP contribution in [0, 0.1) is 11.8 Å². The van der Waals surface area contributed by atoms with Crippen LogP contribution in [-0.2, 0) is 4.74 Å². The van der Waals surface area contributed by atoms with E-state index in [-0.39, 0.29) is 0 Å². The van der Waals surface area contributed by atoms with Gasteiger partial charge in [0.15, 0.2) is 0 Å². The van der Waals surface area contributed by atoms with Gasteiger partial charge in [0.2, 0.25) is 0 Å². The molecule has 2 rings (SSSR count). The Morgan fingerprint density at radius 3 is 2.67 bits per heavy atom. The van der Waals surface area contributed by atoms with Crippen LogP contribution in [0.15, 0.2) is 0 Å². The zero-order valence-corrected chi connectivity index (χ0v) is 12.5. The molecule has 1 aliphatic carbocycles. The van der Waals surface area contributed by atoms with Gasteiger partial charge in [-0.25, -0.2) is 0 Å². The van der Waals surface area contributed by atoms with Crippen molar-refractivity contribution < 1.29 is 4.74 Å². The van der Waals surface area contributed by atoms with Crippen LogP contribution in [0.1, 0.15) is 40.0 Å². The monoisotopic (exact) mass is 254 g/mol. The number of nitrogens with zero attached hydrogens (tertiary/aromatic N) is 1. The number of methoxy groups -OCH3 is 1. The van der Waals surface area contributed by atoms with Gasteiger partial charge in [-0.05, 0) is 51.1 Å². The number of hydrogen-bond acceptors (Lipinski definition) is 3. The Bertz CT molecular complexity index is 265. The number of nitrogens with one attached hydrogen (secondary N) is 1. The van der Waals surface area contributed by atoms with E-state index >= 15 is 0 Å². The smallest absolute Gasteiger partial charge is 0.0620 e. The molecule has 0 spiro atoms. The maximum atomic E-state index is 5.44. The Balaban J connectivity index is 2.05. The van der Waals surface area contributed by atoms with Crippen molar-refractivity contribution in [1.29, 1.82) is 0 Å². The lowest BCUT2D eigenvalue weighted by Crippen LogP contribution is -2.54. The average molecular weight is 254 g/mol. The molecule has 2 aliphatic rings. The molecular weight excluding hydrogens is 224 g/mol. The Morgan fingerprint density at radius 1 is 1.39 bits per heavy atom. The van der Waals surface area contributed by atoms with Crippen LogP contribution < -0.4 is 5.32 Å². The molecule has 18 heavy (non-hydrogen) atoms. The normalized spacial score (nSPS) is 32.5. The third-order valence-corrected chi connectivity index (χ3v) is 4.74. The summed E-state index contributed by atoms with van der Waals surface area (Å²) in [4.78, 5) is 2.67. The van der Waals surface area contributed by atoms with E-state index in [0.717, 1.165) is 12.5 Å². The van der Waals surface area contributed by atoms with Gasteiger partial charge in [0.1, 0.15) is 0 Å². The van der Waals surface area contributed by atoms with Gasteiger partial charge in [-0.2, -0.15) is 0 Å². The second-order valence-electron chi connectivity index (χ2n) is 6.71. The van der Waals surface area contributed by atoms with Crippen LogP contribution in [0.5, 0.6) is 0 Å². The molecule has 106 valence electrons. The summed E-state index contributed by atoms with van der Waals surface area (Å²) in [6, 6.07) is 0.563. The van der Waals surface area contributed by atoms with Gasteiger partial charge in [-0.15, -0.1) is 0 Å². The fourth-order valence-electron chi connectivity index (χ4n) is 3.38. The van der Waals surface area contributed by atoms with Crippen molar-refractivity contribution in [2.75, 3.05) is 33.4 Å². The zero-order chi connectivity index (χ0) is 13.2. The van der Waals surface area contributed by atoms with Crippen molar-refractivity contribution >= 4 is 0 Å². The molecule has 2 atom stereocenters. The second kappa shape index (κ2) is 5.89. The Morgan fingerprint density at radius 2 is 2.11 bits per heavy atom. The fraction of sp³-hybridized carbons (Fsp3) is 1.00. The molecule has 3 nitrogen and oxygen atoms in total. The lowest BCUT2D eigenvalue weighted by Gasteiger charge is -2.39. The molecule has 0 aromatic heterocycles. The zero-order valence-electron chi connectivity index (χ0n) is 12.5. The quantitative estimate of drug-likeness (QED) is 0.813. The highest BCUT2D eigenvalue weighted by atomic mass is 16.5. The van der Waals surface area contributed by atoms with E-state index in [1.807, 2.05) is 7.11 Å². The Kier molecular flexibility index (Phi) is 4.68. The summed E-state index contributed by atoms with van der Waals surface area (Å²) in [5, 5.41) is 3.80. The van der Waals surface area contributed by atoms with Crippen LogP contribution in [0.2, 0.25) is 0 Å². The van der Waals surface area contributed by atoms with Gasteiger partial charge < -0.3 is 10.1 Å². The summed E-state index contributed by atoms with van der Waals surface area (Å²) in [5.41, 5.74) is 0.331. The van der Waals surface area contributed by atoms with Gasteiger partial charge in [0.25, 0.3) is 0 Å². The van der Waals surface area contributed by atoms with Crippen LogP contribution in [0.25, 0.3) is 0 Å². The lowest BCUT2D eigenvalue weighted by molar-refractivity contribution is 0.0512. The third-order valence-electron chi connectivity index (χ3n) is 4.74. The summed E-state index contributed by atoms with van der Waals surface area (Å²) in [6.07, 6.45) is 4.08. The molecule has 0 radical (unpaired) electrons. The van der Waals surface area contributed by atoms with E-state index < -0.39 is 0 Å². The fourth-order valence-corrected chi connectivity index (χ4v) is 3.38. The molecule has 1 saturated carbocycles. The molecule has 2 unspecified atom stereocenters. The van der Waals surface area contributed by atoms with E-state index in [0.29, 0.717) is 17.5 Å². The highest BCUT2D eigenvalue weighted by molar-refractivity contribution is 5.01. The largest absolute Gasteiger partial charge is 0.383 e. The first-order valence-electron chi connectivity index (χ1n) is 7.55. The Hall–Kier alpha value is -0.120. The van der Waals surface area contributed by atoms with Crippen molar-refractivity contribution in [2.45, 2.75) is 51.6 Å². The average Bonchev–Trinajstić information content (AvgIpc) is 3.12. The third kappa shape index (κ3) is 3.25. The van der Waals surface area contributed by atoms with Crippen molar-refractivity contribution in [3.05, 3.63) is 0 Å². The molecule has 1 saturated heterocycles. The van der Waals surface area contributed by atoms with Crippen LogP contribution in [0.4, 0.5) is 0 Å². The lowest BCUT2D eigenvalue weighted by atomic mass is 9.93. The predicted molar refractivity (Wildman–Crippen MR) is 75.8 cm³/mol. The number of rotatable bonds is 5. The highest BCUT2D eigenvalue weighted by Crippen LogP contribution is 2.41. The Labute approximate surface area is 112 Å². The molecule has 1 N–H and O–H groups in total. The number of hydrogen-bond donors (Lipinski definition) is 1. The summed E-state index contributed by atoms with van der Waals surface area (Å²) in [5.74, 6) is 1.56. The number of ether oxygens (including phenoxy) is 1. The van der Waals surface area contributed by atoms with E-state index in [4.69, 9.17) is 4.74 Å². The van der Waals surface area contributed by atoms with Gasteiger partial charge in [-0.1, -0.05) is 13.8 Å². The first kappa shape index (κ1) is 14.3. The molecule has 0 bridgehead atoms. The van der Waals surface area contributed by atoms with Gasteiger partial charge in [-0.3, -0.25) is 4.90 Å². The van der Waals surface area contributed by atoms with Crippen LogP contribution in [0.3, 0.4) is 0 Å². The van der Waals surface area contributed by atoms with Crippen molar-refractivity contribution in [2.24, 2.45) is 11.8 Å². The van der Waals surface area contributed by atoms with Gasteiger partial charge in [0.05, 0.1) is 6.61 Å². The molecule has 0 aromatic rings. The minimum Gasteiger partial charge on any atom is -0.383 e. The topological polar surface area (TPSA) is 24.5 Å². The molecule has 1 heterocycles. The standard InChI is InChI=1S/C15H30N2O/c1-12(2)14(10-18-4)17-9-5-8-16-15(3,11-17)13-6-7-13/h12-14,16H,5-11H2,1-4H3. The van der Waals surface area contributed by atoms with E-state index in [1.54, 1.807) is 0 Å². The molecule has 1 aliphatic heterocycles. The van der Waals surface area contributed by atoms with Gasteiger partial charge in [0, 0.05) is 25.2 Å². The maximum absolute atomic E-state index is 5.44. The first-order valence-corrected chi connectivity index (χ1v) is 7.55. The summed E-state index contributed by atoms with van der Waals surface area (Å²) < 4.78 is 5.44. The van der Waals surface area contributed by atoms with Crippen molar-refractivity contribution in [3.63, 3.8) is 0 Å². The predicted octanol–water partition coefficient (Wildman–Crippen LogP) is 2.12. The molecule has 3 heteroatoms.